The number of pyridine rings is 1. The minimum atomic E-state index is -1.55. The van der Waals surface area contributed by atoms with Gasteiger partial charge in [-0.1, -0.05) is 0 Å². The highest BCUT2D eigenvalue weighted by atomic mass is 35.5. The van der Waals surface area contributed by atoms with E-state index in [-0.39, 0.29) is 29.2 Å². The molecule has 0 unspecified atom stereocenters. The number of benzene rings is 1. The molecule has 0 saturated heterocycles. The van der Waals surface area contributed by atoms with E-state index in [4.69, 9.17) is 0 Å². The van der Waals surface area contributed by atoms with E-state index in [2.05, 4.69) is 9.72 Å². The molecule has 2 rings (SSSR count). The molecule has 0 atom stereocenters. The molecule has 2 aromatic rings. The van der Waals surface area contributed by atoms with Gasteiger partial charge < -0.3 is 4.74 Å². The Hall–Kier alpha value is -2.08. The molecule has 0 amide bonds. The minimum absolute atomic E-state index is 0. The molecule has 0 aliphatic carbocycles. The van der Waals surface area contributed by atoms with Gasteiger partial charge in [-0.25, -0.2) is 18.0 Å². The topological polar surface area (TPSA) is 39.2 Å². The first-order valence-corrected chi connectivity index (χ1v) is 5.22. The van der Waals surface area contributed by atoms with Crippen LogP contribution in [0.5, 0.6) is 0 Å². The van der Waals surface area contributed by atoms with Crippen LogP contribution in [0, 0.1) is 17.5 Å². The molecule has 0 radical (unpaired) electrons. The van der Waals surface area contributed by atoms with Crippen molar-refractivity contribution < 1.29 is 22.7 Å². The third-order valence-electron chi connectivity index (χ3n) is 2.46. The Morgan fingerprint density at radius 2 is 1.75 bits per heavy atom. The summed E-state index contributed by atoms with van der Waals surface area (Å²) in [5, 5.41) is 0. The van der Waals surface area contributed by atoms with Crippen LogP contribution in [0.25, 0.3) is 11.3 Å². The highest BCUT2D eigenvalue weighted by Gasteiger charge is 2.13. The first-order valence-electron chi connectivity index (χ1n) is 5.22. The number of carbonyl (C=O) groups excluding carboxylic acids is 1. The van der Waals surface area contributed by atoms with Gasteiger partial charge in [0.25, 0.3) is 0 Å². The summed E-state index contributed by atoms with van der Waals surface area (Å²) in [6.07, 6.45) is 1.29. The monoisotopic (exact) mass is 303 g/mol. The summed E-state index contributed by atoms with van der Waals surface area (Å²) in [5.74, 6) is -4.79. The molecule has 0 bridgehead atoms. The van der Waals surface area contributed by atoms with Crippen molar-refractivity contribution in [2.24, 2.45) is 0 Å². The largest absolute Gasteiger partial charge is 0.465 e. The Kier molecular flexibility index (Phi) is 5.10. The smallest absolute Gasteiger partial charge is 0.337 e. The van der Waals surface area contributed by atoms with Crippen molar-refractivity contribution in [2.75, 3.05) is 7.11 Å². The van der Waals surface area contributed by atoms with E-state index >= 15 is 0 Å². The molecule has 1 aromatic carbocycles. The standard InChI is InChI=1S/C13H8F3NO2.ClH/c1-19-13(18)7-2-3-17-11(6-7)8-4-9(14)12(16)10(15)5-8;/h2-6H,1H3;1H. The maximum Gasteiger partial charge on any atom is 0.337 e. The van der Waals surface area contributed by atoms with Crippen LogP contribution in [0.1, 0.15) is 10.4 Å². The van der Waals surface area contributed by atoms with Crippen LogP contribution < -0.4 is 0 Å². The maximum atomic E-state index is 13.1. The minimum Gasteiger partial charge on any atom is -0.465 e. The van der Waals surface area contributed by atoms with E-state index in [9.17, 15) is 18.0 Å². The zero-order valence-electron chi connectivity index (χ0n) is 10.2. The van der Waals surface area contributed by atoms with Crippen LogP contribution in [0.3, 0.4) is 0 Å². The van der Waals surface area contributed by atoms with E-state index < -0.39 is 23.4 Å². The quantitative estimate of drug-likeness (QED) is 0.631. The van der Waals surface area contributed by atoms with Crippen molar-refractivity contribution in [3.8, 4) is 11.3 Å². The van der Waals surface area contributed by atoms with Crippen molar-refractivity contribution in [3.63, 3.8) is 0 Å². The van der Waals surface area contributed by atoms with E-state index in [0.29, 0.717) is 0 Å². The van der Waals surface area contributed by atoms with Crippen LogP contribution >= 0.6 is 12.4 Å². The number of esters is 1. The fourth-order valence-electron chi connectivity index (χ4n) is 1.54. The molecule has 106 valence electrons. The number of hydrogen-bond acceptors (Lipinski definition) is 3. The van der Waals surface area contributed by atoms with Gasteiger partial charge >= 0.3 is 5.97 Å². The van der Waals surface area contributed by atoms with Gasteiger partial charge in [0.1, 0.15) is 0 Å². The molecule has 1 aromatic heterocycles. The molecule has 0 aliphatic heterocycles. The summed E-state index contributed by atoms with van der Waals surface area (Å²) in [7, 11) is 1.21. The van der Waals surface area contributed by atoms with E-state index in [1.807, 2.05) is 0 Å². The molecule has 3 nitrogen and oxygen atoms in total. The number of methoxy groups -OCH3 is 1. The van der Waals surface area contributed by atoms with Crippen LogP contribution in [-0.4, -0.2) is 18.1 Å². The second kappa shape index (κ2) is 6.38. The Morgan fingerprint density at radius 3 is 2.30 bits per heavy atom. The van der Waals surface area contributed by atoms with Gasteiger partial charge in [0, 0.05) is 11.8 Å². The molecule has 0 saturated carbocycles. The highest BCUT2D eigenvalue weighted by Crippen LogP contribution is 2.22. The van der Waals surface area contributed by atoms with Crippen LogP contribution in [0.4, 0.5) is 13.2 Å². The molecule has 0 N–H and O–H groups in total. The second-order valence-electron chi connectivity index (χ2n) is 3.68. The van der Waals surface area contributed by atoms with Crippen molar-refractivity contribution >= 4 is 18.4 Å². The van der Waals surface area contributed by atoms with Crippen molar-refractivity contribution in [1.29, 1.82) is 0 Å². The van der Waals surface area contributed by atoms with Gasteiger partial charge in [-0.3, -0.25) is 4.98 Å². The van der Waals surface area contributed by atoms with Crippen molar-refractivity contribution in [3.05, 3.63) is 53.5 Å². The predicted octanol–water partition coefficient (Wildman–Crippen LogP) is 3.37. The van der Waals surface area contributed by atoms with Crippen LogP contribution in [0.15, 0.2) is 30.5 Å². The summed E-state index contributed by atoms with van der Waals surface area (Å²) in [4.78, 5) is 15.2. The summed E-state index contributed by atoms with van der Waals surface area (Å²) >= 11 is 0. The Bertz CT molecular complexity index is 626. The van der Waals surface area contributed by atoms with Gasteiger partial charge in [0.05, 0.1) is 18.4 Å². The third kappa shape index (κ3) is 3.08. The van der Waals surface area contributed by atoms with Crippen LogP contribution in [0.2, 0.25) is 0 Å². The second-order valence-corrected chi connectivity index (χ2v) is 3.68. The van der Waals surface area contributed by atoms with E-state index in [1.54, 1.807) is 0 Å². The summed E-state index contributed by atoms with van der Waals surface area (Å²) < 4.78 is 43.6. The lowest BCUT2D eigenvalue weighted by Gasteiger charge is -2.05. The molecule has 0 aliphatic rings. The van der Waals surface area contributed by atoms with Gasteiger partial charge in [-0.2, -0.15) is 0 Å². The molecule has 0 spiro atoms. The lowest BCUT2D eigenvalue weighted by Crippen LogP contribution is -2.02. The lowest BCUT2D eigenvalue weighted by molar-refractivity contribution is 0.0600. The molecule has 7 heteroatoms. The number of ether oxygens (including phenoxy) is 1. The van der Waals surface area contributed by atoms with Crippen LogP contribution in [-0.2, 0) is 4.74 Å². The number of halogens is 4. The van der Waals surface area contributed by atoms with E-state index in [0.717, 1.165) is 12.1 Å². The SMILES string of the molecule is COC(=O)c1ccnc(-c2cc(F)c(F)c(F)c2)c1.Cl. The van der Waals surface area contributed by atoms with Gasteiger partial charge in [-0.05, 0) is 24.3 Å². The summed E-state index contributed by atoms with van der Waals surface area (Å²) in [6, 6.07) is 4.31. The summed E-state index contributed by atoms with van der Waals surface area (Å²) in [6.45, 7) is 0. The Labute approximate surface area is 118 Å². The van der Waals surface area contributed by atoms with Gasteiger partial charge in [-0.15, -0.1) is 12.4 Å². The molecular weight excluding hydrogens is 295 g/mol. The normalized spacial score (nSPS) is 9.80. The fraction of sp³-hybridized carbons (Fsp3) is 0.0769. The Morgan fingerprint density at radius 1 is 1.15 bits per heavy atom. The van der Waals surface area contributed by atoms with E-state index in [1.165, 1.54) is 25.4 Å². The first-order chi connectivity index (χ1) is 9.02. The number of hydrogen-bond donors (Lipinski definition) is 0. The number of rotatable bonds is 2. The third-order valence-corrected chi connectivity index (χ3v) is 2.46. The predicted molar refractivity (Wildman–Crippen MR) is 68.1 cm³/mol. The zero-order chi connectivity index (χ0) is 14.0. The molecular formula is C13H9ClF3NO2. The lowest BCUT2D eigenvalue weighted by atomic mass is 10.1. The maximum absolute atomic E-state index is 13.1. The van der Waals surface area contributed by atoms with Crippen molar-refractivity contribution in [1.82, 2.24) is 4.98 Å². The first kappa shape index (κ1) is 16.0. The zero-order valence-corrected chi connectivity index (χ0v) is 11.0. The highest BCUT2D eigenvalue weighted by molar-refractivity contribution is 5.90. The summed E-state index contributed by atoms with van der Waals surface area (Å²) in [5.41, 5.74) is 0.348. The molecule has 0 fully saturated rings. The van der Waals surface area contributed by atoms with Gasteiger partial charge in [0.15, 0.2) is 17.5 Å². The average Bonchev–Trinajstić information content (AvgIpc) is 2.43. The van der Waals surface area contributed by atoms with Crippen molar-refractivity contribution in [2.45, 2.75) is 0 Å². The van der Waals surface area contributed by atoms with Gasteiger partial charge in [0.2, 0.25) is 0 Å². The number of aromatic nitrogens is 1. The number of carbonyl (C=O) groups is 1. The Balaban J connectivity index is 0.00000200. The molecule has 20 heavy (non-hydrogen) atoms. The average molecular weight is 304 g/mol. The fourth-order valence-corrected chi connectivity index (χ4v) is 1.54. The molecule has 1 heterocycles. The number of nitrogens with zero attached hydrogens (tertiary/aromatic N) is 1.